The average Bonchev–Trinajstić information content (AvgIpc) is 2.60. The van der Waals surface area contributed by atoms with Crippen molar-refractivity contribution in [2.24, 2.45) is 5.73 Å². The van der Waals surface area contributed by atoms with Gasteiger partial charge in [0.1, 0.15) is 0 Å². The number of nitrogens with zero attached hydrogens (tertiary/aromatic N) is 1. The summed E-state index contributed by atoms with van der Waals surface area (Å²) in [6, 6.07) is 1.09. The third-order valence-corrected chi connectivity index (χ3v) is 3.34. The van der Waals surface area contributed by atoms with Crippen LogP contribution in [0, 0.1) is 0 Å². The van der Waals surface area contributed by atoms with E-state index in [-0.39, 0.29) is 6.04 Å². The van der Waals surface area contributed by atoms with Crippen molar-refractivity contribution >= 4 is 5.91 Å². The average molecular weight is 182 g/mol. The largest absolute Gasteiger partial charge is 0.335 e. The molecule has 3 heteroatoms. The van der Waals surface area contributed by atoms with E-state index in [0.717, 1.165) is 19.3 Å². The first-order valence-corrected chi connectivity index (χ1v) is 5.30. The van der Waals surface area contributed by atoms with Crippen molar-refractivity contribution in [1.82, 2.24) is 4.90 Å². The summed E-state index contributed by atoms with van der Waals surface area (Å²) in [5.74, 6) is 0.322. The van der Waals surface area contributed by atoms with Gasteiger partial charge in [-0.3, -0.25) is 4.79 Å². The van der Waals surface area contributed by atoms with Crippen molar-refractivity contribution in [3.05, 3.63) is 0 Å². The van der Waals surface area contributed by atoms with E-state index in [2.05, 4.69) is 11.8 Å². The molecule has 2 N–H and O–H groups in total. The van der Waals surface area contributed by atoms with Crippen LogP contribution in [0.1, 0.15) is 39.0 Å². The lowest BCUT2D eigenvalue weighted by Crippen LogP contribution is -2.40. The number of carbonyl (C=O) groups is 1. The predicted octanol–water partition coefficient (Wildman–Crippen LogP) is 0.877. The summed E-state index contributed by atoms with van der Waals surface area (Å²) in [5.41, 5.74) is 5.95. The number of rotatable bonds is 2. The maximum Gasteiger partial charge on any atom is 0.223 e. The molecule has 0 saturated carbocycles. The van der Waals surface area contributed by atoms with Gasteiger partial charge in [-0.1, -0.05) is 6.92 Å². The summed E-state index contributed by atoms with van der Waals surface area (Å²) in [5, 5.41) is 0. The Balaban J connectivity index is 2.04. The Morgan fingerprint density at radius 3 is 2.77 bits per heavy atom. The van der Waals surface area contributed by atoms with Gasteiger partial charge >= 0.3 is 0 Å². The number of fused-ring (bicyclic) bond motifs is 2. The molecule has 0 aromatic rings. The molecule has 2 rings (SSSR count). The van der Waals surface area contributed by atoms with Crippen LogP contribution >= 0.6 is 0 Å². The highest BCUT2D eigenvalue weighted by Crippen LogP contribution is 2.37. The Hall–Kier alpha value is -0.570. The van der Waals surface area contributed by atoms with E-state index in [1.807, 2.05) is 0 Å². The van der Waals surface area contributed by atoms with Gasteiger partial charge in [0.2, 0.25) is 5.91 Å². The second-order valence-electron chi connectivity index (χ2n) is 4.25. The van der Waals surface area contributed by atoms with Crippen LogP contribution in [0.4, 0.5) is 0 Å². The first-order valence-electron chi connectivity index (χ1n) is 5.30. The molecule has 2 saturated heterocycles. The number of hydrogen-bond acceptors (Lipinski definition) is 2. The molecule has 13 heavy (non-hydrogen) atoms. The van der Waals surface area contributed by atoms with Crippen molar-refractivity contribution in [2.75, 3.05) is 0 Å². The predicted molar refractivity (Wildman–Crippen MR) is 51.2 cm³/mol. The van der Waals surface area contributed by atoms with Gasteiger partial charge in [0, 0.05) is 24.5 Å². The molecule has 0 aliphatic carbocycles. The van der Waals surface area contributed by atoms with Crippen molar-refractivity contribution in [3.63, 3.8) is 0 Å². The molecular formula is C10H18N2O. The van der Waals surface area contributed by atoms with Gasteiger partial charge in [0.05, 0.1) is 0 Å². The Morgan fingerprint density at radius 2 is 2.31 bits per heavy atom. The van der Waals surface area contributed by atoms with Crippen LogP contribution in [0.3, 0.4) is 0 Å². The molecule has 0 aromatic heterocycles. The van der Waals surface area contributed by atoms with Crippen LogP contribution in [-0.2, 0) is 4.79 Å². The summed E-state index contributed by atoms with van der Waals surface area (Å²) >= 11 is 0. The first-order chi connectivity index (χ1) is 6.24. The zero-order valence-electron chi connectivity index (χ0n) is 8.20. The van der Waals surface area contributed by atoms with Gasteiger partial charge in [-0.25, -0.2) is 0 Å². The fourth-order valence-corrected chi connectivity index (χ4v) is 2.77. The summed E-state index contributed by atoms with van der Waals surface area (Å²) in [6.07, 6.45) is 4.97. The topological polar surface area (TPSA) is 46.3 Å². The lowest BCUT2D eigenvalue weighted by Gasteiger charge is -2.22. The standard InChI is InChI=1S/C10H18N2O/c1-2-3-10(13)12-7-4-5-9(12)8(11)6-7/h7-9H,2-6,11H2,1H3. The van der Waals surface area contributed by atoms with Crippen LogP contribution in [-0.4, -0.2) is 28.9 Å². The molecule has 2 bridgehead atoms. The summed E-state index contributed by atoms with van der Waals surface area (Å²) in [4.78, 5) is 13.8. The van der Waals surface area contributed by atoms with E-state index in [0.29, 0.717) is 24.4 Å². The zero-order valence-corrected chi connectivity index (χ0v) is 8.20. The fourth-order valence-electron chi connectivity index (χ4n) is 2.77. The number of nitrogens with two attached hydrogens (primary N) is 1. The van der Waals surface area contributed by atoms with Gasteiger partial charge < -0.3 is 10.6 Å². The zero-order chi connectivity index (χ0) is 9.42. The lowest BCUT2D eigenvalue weighted by atomic mass is 9.97. The molecule has 2 fully saturated rings. The maximum atomic E-state index is 11.7. The summed E-state index contributed by atoms with van der Waals surface area (Å²) in [7, 11) is 0. The van der Waals surface area contributed by atoms with Gasteiger partial charge in [0.25, 0.3) is 0 Å². The van der Waals surface area contributed by atoms with Gasteiger partial charge in [-0.15, -0.1) is 0 Å². The molecule has 2 aliphatic heterocycles. The summed E-state index contributed by atoms with van der Waals surface area (Å²) in [6.45, 7) is 2.05. The van der Waals surface area contributed by atoms with Crippen LogP contribution < -0.4 is 5.73 Å². The monoisotopic (exact) mass is 182 g/mol. The van der Waals surface area contributed by atoms with E-state index < -0.39 is 0 Å². The van der Waals surface area contributed by atoms with E-state index in [9.17, 15) is 4.79 Å². The van der Waals surface area contributed by atoms with Crippen LogP contribution in [0.25, 0.3) is 0 Å². The van der Waals surface area contributed by atoms with E-state index >= 15 is 0 Å². The molecule has 2 aliphatic rings. The maximum absolute atomic E-state index is 11.7. The van der Waals surface area contributed by atoms with Crippen molar-refractivity contribution in [1.29, 1.82) is 0 Å². The molecule has 3 atom stereocenters. The molecule has 0 aromatic carbocycles. The highest BCUT2D eigenvalue weighted by Gasteiger charge is 2.46. The van der Waals surface area contributed by atoms with Gasteiger partial charge in [0.15, 0.2) is 0 Å². The third kappa shape index (κ3) is 1.35. The number of carbonyl (C=O) groups excluding carboxylic acids is 1. The molecule has 3 nitrogen and oxygen atoms in total. The summed E-state index contributed by atoms with van der Waals surface area (Å²) < 4.78 is 0. The van der Waals surface area contributed by atoms with E-state index in [1.165, 1.54) is 6.42 Å². The molecule has 74 valence electrons. The Bertz CT molecular complexity index is 217. The van der Waals surface area contributed by atoms with Crippen molar-refractivity contribution < 1.29 is 4.79 Å². The van der Waals surface area contributed by atoms with Crippen molar-refractivity contribution in [3.8, 4) is 0 Å². The Kier molecular flexibility index (Phi) is 2.28. The minimum absolute atomic E-state index is 0.250. The minimum atomic E-state index is 0.250. The second-order valence-corrected chi connectivity index (χ2v) is 4.25. The van der Waals surface area contributed by atoms with Crippen LogP contribution in [0.15, 0.2) is 0 Å². The smallest absolute Gasteiger partial charge is 0.223 e. The third-order valence-electron chi connectivity index (χ3n) is 3.34. The van der Waals surface area contributed by atoms with E-state index in [4.69, 9.17) is 5.73 Å². The van der Waals surface area contributed by atoms with Gasteiger partial charge in [-0.05, 0) is 25.7 Å². The first kappa shape index (κ1) is 9.00. The Labute approximate surface area is 79.3 Å². The quantitative estimate of drug-likeness (QED) is 0.689. The van der Waals surface area contributed by atoms with Crippen LogP contribution in [0.5, 0.6) is 0 Å². The highest BCUT2D eigenvalue weighted by atomic mass is 16.2. The minimum Gasteiger partial charge on any atom is -0.335 e. The second kappa shape index (κ2) is 3.29. The molecule has 0 spiro atoms. The highest BCUT2D eigenvalue weighted by molar-refractivity contribution is 5.77. The van der Waals surface area contributed by atoms with E-state index in [1.54, 1.807) is 0 Å². The van der Waals surface area contributed by atoms with Crippen LogP contribution in [0.2, 0.25) is 0 Å². The molecule has 2 heterocycles. The molecule has 0 radical (unpaired) electrons. The number of hydrogen-bond donors (Lipinski definition) is 1. The normalized spacial score (nSPS) is 37.1. The molecule has 1 amide bonds. The molecular weight excluding hydrogens is 164 g/mol. The van der Waals surface area contributed by atoms with Gasteiger partial charge in [-0.2, -0.15) is 0 Å². The molecule has 3 unspecified atom stereocenters. The SMILES string of the molecule is CCCC(=O)N1C2CCC1C(N)C2. The fraction of sp³-hybridized carbons (Fsp3) is 0.900. The Morgan fingerprint density at radius 1 is 1.54 bits per heavy atom. The number of amides is 1. The van der Waals surface area contributed by atoms with Crippen molar-refractivity contribution in [2.45, 2.75) is 57.2 Å². The lowest BCUT2D eigenvalue weighted by molar-refractivity contribution is -0.132.